The van der Waals surface area contributed by atoms with Crippen LogP contribution in [0.1, 0.15) is 28.1 Å². The zero-order chi connectivity index (χ0) is 17.6. The van der Waals surface area contributed by atoms with E-state index in [1.807, 2.05) is 19.1 Å². The molecule has 3 aromatic rings. The van der Waals surface area contributed by atoms with Crippen LogP contribution in [0.5, 0.6) is 0 Å². The van der Waals surface area contributed by atoms with Gasteiger partial charge in [-0.1, -0.05) is 17.7 Å². The van der Waals surface area contributed by atoms with Crippen LogP contribution in [0.15, 0.2) is 35.1 Å². The Balaban J connectivity index is 1.75. The summed E-state index contributed by atoms with van der Waals surface area (Å²) in [5, 5.41) is 1.37. The normalized spacial score (nSPS) is 14.8. The number of fused-ring (bicyclic) bond motifs is 3. The summed E-state index contributed by atoms with van der Waals surface area (Å²) in [4.78, 5) is 17.5. The van der Waals surface area contributed by atoms with E-state index in [9.17, 15) is 4.79 Å². The van der Waals surface area contributed by atoms with Gasteiger partial charge in [0.05, 0.1) is 0 Å². The van der Waals surface area contributed by atoms with Gasteiger partial charge in [0.1, 0.15) is 0 Å². The van der Waals surface area contributed by atoms with Crippen LogP contribution < -0.4 is 5.56 Å². The highest BCUT2D eigenvalue weighted by atomic mass is 16.1. The number of hydrogen-bond acceptors (Lipinski definition) is 2. The maximum Gasteiger partial charge on any atom is 0.251 e. The van der Waals surface area contributed by atoms with Crippen LogP contribution in [0, 0.1) is 13.8 Å². The van der Waals surface area contributed by atoms with Gasteiger partial charge in [-0.3, -0.25) is 4.79 Å². The molecule has 4 rings (SSSR count). The number of aromatic amines is 1. The van der Waals surface area contributed by atoms with E-state index in [4.69, 9.17) is 0 Å². The summed E-state index contributed by atoms with van der Waals surface area (Å²) >= 11 is 0. The van der Waals surface area contributed by atoms with E-state index in [0.717, 1.165) is 43.7 Å². The number of hydrogen-bond donors (Lipinski definition) is 1. The highest BCUT2D eigenvalue weighted by Crippen LogP contribution is 2.31. The van der Waals surface area contributed by atoms with E-state index in [2.05, 4.69) is 46.6 Å². The molecule has 25 heavy (non-hydrogen) atoms. The van der Waals surface area contributed by atoms with Gasteiger partial charge < -0.3 is 14.5 Å². The molecule has 0 unspecified atom stereocenters. The molecular weight excluding hydrogens is 310 g/mol. The van der Waals surface area contributed by atoms with Gasteiger partial charge in [-0.05, 0) is 51.1 Å². The minimum atomic E-state index is 0.0425. The van der Waals surface area contributed by atoms with E-state index in [1.54, 1.807) is 0 Å². The maximum atomic E-state index is 12.2. The van der Waals surface area contributed by atoms with Crippen molar-refractivity contribution >= 4 is 10.9 Å². The number of H-pyrrole nitrogens is 1. The number of rotatable bonds is 3. The predicted molar refractivity (Wildman–Crippen MR) is 102 cm³/mol. The lowest BCUT2D eigenvalue weighted by molar-refractivity contribution is 0.309. The Hall–Kier alpha value is -2.33. The lowest BCUT2D eigenvalue weighted by Crippen LogP contribution is -2.27. The van der Waals surface area contributed by atoms with E-state index in [1.165, 1.54) is 27.7 Å². The summed E-state index contributed by atoms with van der Waals surface area (Å²) in [5.41, 5.74) is 7.33. The number of pyridine rings is 1. The second-order valence-corrected chi connectivity index (χ2v) is 7.33. The topological polar surface area (TPSA) is 41.0 Å². The van der Waals surface area contributed by atoms with E-state index >= 15 is 0 Å². The summed E-state index contributed by atoms with van der Waals surface area (Å²) in [5.74, 6) is 0. The molecule has 0 saturated heterocycles. The lowest BCUT2D eigenvalue weighted by atomic mass is 10.0. The van der Waals surface area contributed by atoms with Gasteiger partial charge in [0.25, 0.3) is 5.56 Å². The first-order valence-electron chi connectivity index (χ1n) is 9.01. The summed E-state index contributed by atoms with van der Waals surface area (Å²) in [7, 11) is 2.19. The number of likely N-dealkylation sites (N-methyl/N-ethyl adjacent to an activating group) is 1. The Kier molecular flexibility index (Phi) is 4.00. The fourth-order valence-corrected chi connectivity index (χ4v) is 3.99. The zero-order valence-electron chi connectivity index (χ0n) is 15.2. The molecule has 1 aliphatic heterocycles. The number of benzene rings is 1. The average Bonchev–Trinajstić information content (AvgIpc) is 2.87. The van der Waals surface area contributed by atoms with Crippen molar-refractivity contribution in [2.45, 2.75) is 39.8 Å². The number of nitrogens with zero attached hydrogens (tertiary/aromatic N) is 2. The number of aromatic nitrogens is 2. The Labute approximate surface area is 148 Å². The molecule has 0 amide bonds. The van der Waals surface area contributed by atoms with E-state index < -0.39 is 0 Å². The van der Waals surface area contributed by atoms with Crippen LogP contribution >= 0.6 is 0 Å². The van der Waals surface area contributed by atoms with Crippen molar-refractivity contribution < 1.29 is 0 Å². The SMILES string of the molecule is Cc1ccc2c(c1)c1c(n2CCc2ccc(C)[nH]c2=O)CCN(C)C1. The molecule has 0 atom stereocenters. The molecule has 1 aliphatic rings. The van der Waals surface area contributed by atoms with Crippen LogP contribution in [0.25, 0.3) is 10.9 Å². The smallest absolute Gasteiger partial charge is 0.251 e. The molecule has 0 fully saturated rings. The molecule has 2 aromatic heterocycles. The Morgan fingerprint density at radius 2 is 2.00 bits per heavy atom. The zero-order valence-corrected chi connectivity index (χ0v) is 15.2. The molecular formula is C21H25N3O. The van der Waals surface area contributed by atoms with Gasteiger partial charge in [-0.25, -0.2) is 0 Å². The van der Waals surface area contributed by atoms with Gasteiger partial charge >= 0.3 is 0 Å². The summed E-state index contributed by atoms with van der Waals surface area (Å²) in [6.45, 7) is 7.02. The minimum Gasteiger partial charge on any atom is -0.344 e. The van der Waals surface area contributed by atoms with Gasteiger partial charge in [0.2, 0.25) is 0 Å². The third kappa shape index (κ3) is 2.91. The Morgan fingerprint density at radius 1 is 1.16 bits per heavy atom. The van der Waals surface area contributed by atoms with Crippen molar-refractivity contribution in [2.24, 2.45) is 0 Å². The lowest BCUT2D eigenvalue weighted by Gasteiger charge is -2.24. The van der Waals surface area contributed by atoms with Crippen LogP contribution in [-0.2, 0) is 25.9 Å². The van der Waals surface area contributed by atoms with E-state index in [0.29, 0.717) is 0 Å². The highest BCUT2D eigenvalue weighted by Gasteiger charge is 2.22. The Bertz CT molecular complexity index is 996. The van der Waals surface area contributed by atoms with Crippen LogP contribution in [-0.4, -0.2) is 28.0 Å². The van der Waals surface area contributed by atoms with Crippen molar-refractivity contribution in [1.29, 1.82) is 0 Å². The number of nitrogens with one attached hydrogen (secondary N) is 1. The second-order valence-electron chi connectivity index (χ2n) is 7.33. The van der Waals surface area contributed by atoms with Gasteiger partial charge in [-0.15, -0.1) is 0 Å². The average molecular weight is 335 g/mol. The van der Waals surface area contributed by atoms with Crippen molar-refractivity contribution in [3.63, 3.8) is 0 Å². The fraction of sp³-hybridized carbons (Fsp3) is 0.381. The summed E-state index contributed by atoms with van der Waals surface area (Å²) in [6, 6.07) is 10.7. The van der Waals surface area contributed by atoms with E-state index in [-0.39, 0.29) is 5.56 Å². The molecule has 4 heteroatoms. The quantitative estimate of drug-likeness (QED) is 0.799. The van der Waals surface area contributed by atoms with Crippen molar-refractivity contribution in [3.05, 3.63) is 68.8 Å². The minimum absolute atomic E-state index is 0.0425. The monoisotopic (exact) mass is 335 g/mol. The fourth-order valence-electron chi connectivity index (χ4n) is 3.99. The molecule has 0 radical (unpaired) electrons. The molecule has 0 spiro atoms. The predicted octanol–water partition coefficient (Wildman–Crippen LogP) is 3.18. The van der Waals surface area contributed by atoms with Crippen LogP contribution in [0.3, 0.4) is 0 Å². The molecule has 3 heterocycles. The highest BCUT2D eigenvalue weighted by molar-refractivity contribution is 5.86. The second kappa shape index (κ2) is 6.19. The molecule has 4 nitrogen and oxygen atoms in total. The first kappa shape index (κ1) is 16.2. The first-order valence-corrected chi connectivity index (χ1v) is 9.01. The molecule has 130 valence electrons. The van der Waals surface area contributed by atoms with Crippen LogP contribution in [0.2, 0.25) is 0 Å². The number of aryl methyl sites for hydroxylation is 4. The van der Waals surface area contributed by atoms with Gasteiger partial charge in [0, 0.05) is 53.9 Å². The molecule has 0 bridgehead atoms. The summed E-state index contributed by atoms with van der Waals surface area (Å²) in [6.07, 6.45) is 1.83. The van der Waals surface area contributed by atoms with Crippen molar-refractivity contribution in [1.82, 2.24) is 14.5 Å². The largest absolute Gasteiger partial charge is 0.344 e. The molecule has 1 aromatic carbocycles. The maximum absolute atomic E-state index is 12.2. The van der Waals surface area contributed by atoms with Crippen molar-refractivity contribution in [2.75, 3.05) is 13.6 Å². The molecule has 0 saturated carbocycles. The Morgan fingerprint density at radius 3 is 2.80 bits per heavy atom. The molecule has 0 aliphatic carbocycles. The third-order valence-corrected chi connectivity index (χ3v) is 5.34. The van der Waals surface area contributed by atoms with Gasteiger partial charge in [0.15, 0.2) is 0 Å². The third-order valence-electron chi connectivity index (χ3n) is 5.34. The summed E-state index contributed by atoms with van der Waals surface area (Å²) < 4.78 is 2.44. The van der Waals surface area contributed by atoms with Gasteiger partial charge in [-0.2, -0.15) is 0 Å². The molecule has 1 N–H and O–H groups in total. The van der Waals surface area contributed by atoms with Crippen molar-refractivity contribution in [3.8, 4) is 0 Å². The van der Waals surface area contributed by atoms with Crippen LogP contribution in [0.4, 0.5) is 0 Å². The standard InChI is InChI=1S/C21H25N3O/c1-14-4-7-19-17(12-14)18-13-23(3)10-9-20(18)24(19)11-8-16-6-5-15(2)22-21(16)25/h4-7,12H,8-11,13H2,1-3H3,(H,22,25). The first-order chi connectivity index (χ1) is 12.0.